The molecule has 2 aromatic rings. The maximum atomic E-state index is 9.25. The van der Waals surface area contributed by atoms with Crippen LogP contribution in [-0.4, -0.2) is 22.8 Å². The Balaban J connectivity index is 2.21. The second-order valence-corrected chi connectivity index (χ2v) is 6.14. The molecule has 1 aromatic heterocycles. The Bertz CT molecular complexity index is 545. The van der Waals surface area contributed by atoms with Crippen molar-refractivity contribution in [2.45, 2.75) is 33.9 Å². The van der Waals surface area contributed by atoms with Crippen molar-refractivity contribution in [3.8, 4) is 0 Å². The van der Waals surface area contributed by atoms with E-state index in [-0.39, 0.29) is 12.5 Å². The Morgan fingerprint density at radius 1 is 1.20 bits per heavy atom. The van der Waals surface area contributed by atoms with Gasteiger partial charge in [0.2, 0.25) is 0 Å². The Labute approximate surface area is 121 Å². The lowest BCUT2D eigenvalue weighted by atomic mass is 10.1. The van der Waals surface area contributed by atoms with E-state index in [0.717, 1.165) is 19.6 Å². The molecule has 20 heavy (non-hydrogen) atoms. The molecule has 1 aromatic carbocycles. The van der Waals surface area contributed by atoms with Crippen molar-refractivity contribution >= 4 is 10.9 Å². The number of para-hydroxylation sites is 1. The Morgan fingerprint density at radius 3 is 2.65 bits per heavy atom. The summed E-state index contributed by atoms with van der Waals surface area (Å²) in [5.74, 6) is 0.944. The molecule has 0 fully saturated rings. The highest BCUT2D eigenvalue weighted by molar-refractivity contribution is 5.83. The van der Waals surface area contributed by atoms with Gasteiger partial charge in [0.25, 0.3) is 0 Å². The summed E-state index contributed by atoms with van der Waals surface area (Å²) >= 11 is 0. The number of hydrogen-bond donors (Lipinski definition) is 2. The molecule has 0 aliphatic rings. The molecule has 1 heterocycles. The van der Waals surface area contributed by atoms with E-state index >= 15 is 0 Å². The molecule has 0 radical (unpaired) electrons. The molecule has 1 atom stereocenters. The zero-order valence-electron chi connectivity index (χ0n) is 12.8. The molecule has 0 aliphatic heterocycles. The van der Waals surface area contributed by atoms with Crippen molar-refractivity contribution in [1.29, 1.82) is 0 Å². The van der Waals surface area contributed by atoms with Crippen LogP contribution in [0.5, 0.6) is 0 Å². The predicted molar refractivity (Wildman–Crippen MR) is 84.7 cm³/mol. The van der Waals surface area contributed by atoms with Gasteiger partial charge in [-0.05, 0) is 30.0 Å². The van der Waals surface area contributed by atoms with E-state index in [2.05, 4.69) is 61.1 Å². The quantitative estimate of drug-likeness (QED) is 0.814. The van der Waals surface area contributed by atoms with E-state index in [1.807, 2.05) is 0 Å². The molecular formula is C17H26N2O. The summed E-state index contributed by atoms with van der Waals surface area (Å²) in [6, 6.07) is 8.51. The largest absolute Gasteiger partial charge is 0.396 e. The van der Waals surface area contributed by atoms with Crippen molar-refractivity contribution in [2.75, 3.05) is 13.2 Å². The highest BCUT2D eigenvalue weighted by Crippen LogP contribution is 2.22. The van der Waals surface area contributed by atoms with Gasteiger partial charge in [0.15, 0.2) is 0 Å². The van der Waals surface area contributed by atoms with Gasteiger partial charge in [0.1, 0.15) is 0 Å². The molecular weight excluding hydrogens is 248 g/mol. The van der Waals surface area contributed by atoms with E-state index in [1.165, 1.54) is 16.5 Å². The van der Waals surface area contributed by atoms with Gasteiger partial charge in [-0.3, -0.25) is 0 Å². The third kappa shape index (κ3) is 3.62. The van der Waals surface area contributed by atoms with Crippen molar-refractivity contribution in [3.63, 3.8) is 0 Å². The lowest BCUT2D eigenvalue weighted by molar-refractivity contribution is 0.224. The monoisotopic (exact) mass is 274 g/mol. The third-order valence-electron chi connectivity index (χ3n) is 3.56. The summed E-state index contributed by atoms with van der Waals surface area (Å²) in [5, 5.41) is 14.1. The molecule has 0 bridgehead atoms. The molecule has 3 nitrogen and oxygen atoms in total. The maximum Gasteiger partial charge on any atom is 0.0483 e. The SMILES string of the molecule is CC(C)CNCc1cn(CC(C)CO)c2ccccc12. The fourth-order valence-corrected chi connectivity index (χ4v) is 2.50. The minimum Gasteiger partial charge on any atom is -0.396 e. The van der Waals surface area contributed by atoms with Crippen molar-refractivity contribution < 1.29 is 5.11 Å². The first-order chi connectivity index (χ1) is 9.61. The fraction of sp³-hybridized carbons (Fsp3) is 0.529. The van der Waals surface area contributed by atoms with Gasteiger partial charge < -0.3 is 15.0 Å². The van der Waals surface area contributed by atoms with Crippen LogP contribution >= 0.6 is 0 Å². The van der Waals surface area contributed by atoms with E-state index in [0.29, 0.717) is 5.92 Å². The standard InChI is InChI=1S/C17H26N2O/c1-13(2)8-18-9-15-11-19(10-14(3)12-20)17-7-5-4-6-16(15)17/h4-7,11,13-14,18,20H,8-10,12H2,1-3H3. The number of fused-ring (bicyclic) bond motifs is 1. The summed E-state index contributed by atoms with van der Waals surface area (Å²) in [4.78, 5) is 0. The van der Waals surface area contributed by atoms with Crippen molar-refractivity contribution in [2.24, 2.45) is 11.8 Å². The minimum absolute atomic E-state index is 0.230. The van der Waals surface area contributed by atoms with Gasteiger partial charge in [0, 0.05) is 36.8 Å². The Hall–Kier alpha value is -1.32. The van der Waals surface area contributed by atoms with E-state index < -0.39 is 0 Å². The number of nitrogens with one attached hydrogen (secondary N) is 1. The van der Waals surface area contributed by atoms with Crippen molar-refractivity contribution in [3.05, 3.63) is 36.0 Å². The second-order valence-electron chi connectivity index (χ2n) is 6.14. The van der Waals surface area contributed by atoms with Gasteiger partial charge in [-0.25, -0.2) is 0 Å². The predicted octanol–water partition coefficient (Wildman–Crippen LogP) is 3.02. The molecule has 0 saturated carbocycles. The van der Waals surface area contributed by atoms with Crippen molar-refractivity contribution in [1.82, 2.24) is 9.88 Å². The second kappa shape index (κ2) is 6.91. The minimum atomic E-state index is 0.230. The lowest BCUT2D eigenvalue weighted by Crippen LogP contribution is -2.18. The fourth-order valence-electron chi connectivity index (χ4n) is 2.50. The van der Waals surface area contributed by atoms with E-state index in [1.54, 1.807) is 0 Å². The third-order valence-corrected chi connectivity index (χ3v) is 3.56. The summed E-state index contributed by atoms with van der Waals surface area (Å²) in [6.07, 6.45) is 2.23. The Kier molecular flexibility index (Phi) is 5.21. The van der Waals surface area contributed by atoms with Gasteiger partial charge in [-0.2, -0.15) is 0 Å². The zero-order valence-corrected chi connectivity index (χ0v) is 12.8. The normalized spacial score (nSPS) is 13.2. The maximum absolute atomic E-state index is 9.25. The number of aromatic nitrogens is 1. The topological polar surface area (TPSA) is 37.2 Å². The number of benzene rings is 1. The van der Waals surface area contributed by atoms with Crippen LogP contribution in [0.4, 0.5) is 0 Å². The van der Waals surface area contributed by atoms with Crippen LogP contribution < -0.4 is 5.32 Å². The summed E-state index contributed by atoms with van der Waals surface area (Å²) in [6.45, 7) is 9.55. The van der Waals surface area contributed by atoms with Gasteiger partial charge in [-0.1, -0.05) is 39.0 Å². The average molecular weight is 274 g/mol. The first-order valence-electron chi connectivity index (χ1n) is 7.50. The summed E-state index contributed by atoms with van der Waals surface area (Å²) in [5.41, 5.74) is 2.60. The average Bonchev–Trinajstić information content (AvgIpc) is 2.77. The number of hydrogen-bond acceptors (Lipinski definition) is 2. The zero-order chi connectivity index (χ0) is 14.5. The first-order valence-corrected chi connectivity index (χ1v) is 7.50. The molecule has 0 aliphatic carbocycles. The Morgan fingerprint density at radius 2 is 1.95 bits per heavy atom. The highest BCUT2D eigenvalue weighted by Gasteiger charge is 2.10. The highest BCUT2D eigenvalue weighted by atomic mass is 16.3. The summed E-state index contributed by atoms with van der Waals surface area (Å²) < 4.78 is 2.27. The smallest absolute Gasteiger partial charge is 0.0483 e. The van der Waals surface area contributed by atoms with E-state index in [9.17, 15) is 5.11 Å². The van der Waals surface area contributed by atoms with Gasteiger partial charge >= 0.3 is 0 Å². The molecule has 0 spiro atoms. The first kappa shape index (κ1) is 15.1. The molecule has 3 heteroatoms. The molecule has 2 N–H and O–H groups in total. The van der Waals surface area contributed by atoms with Crippen LogP contribution in [0.1, 0.15) is 26.3 Å². The molecule has 1 unspecified atom stereocenters. The summed E-state index contributed by atoms with van der Waals surface area (Å²) in [7, 11) is 0. The van der Waals surface area contributed by atoms with Crippen LogP contribution in [0.3, 0.4) is 0 Å². The van der Waals surface area contributed by atoms with Crippen LogP contribution in [-0.2, 0) is 13.1 Å². The number of aliphatic hydroxyl groups is 1. The van der Waals surface area contributed by atoms with Gasteiger partial charge in [0.05, 0.1) is 0 Å². The van der Waals surface area contributed by atoms with Crippen LogP contribution in [0.2, 0.25) is 0 Å². The van der Waals surface area contributed by atoms with E-state index in [4.69, 9.17) is 0 Å². The molecule has 0 saturated heterocycles. The molecule has 110 valence electrons. The molecule has 2 rings (SSSR count). The number of rotatable bonds is 7. The van der Waals surface area contributed by atoms with Crippen LogP contribution in [0.25, 0.3) is 10.9 Å². The number of nitrogens with zero attached hydrogens (tertiary/aromatic N) is 1. The van der Waals surface area contributed by atoms with Crippen LogP contribution in [0.15, 0.2) is 30.5 Å². The van der Waals surface area contributed by atoms with Crippen LogP contribution in [0, 0.1) is 11.8 Å². The lowest BCUT2D eigenvalue weighted by Gasteiger charge is -2.10. The number of aliphatic hydroxyl groups excluding tert-OH is 1. The molecule has 0 amide bonds. The van der Waals surface area contributed by atoms with Gasteiger partial charge in [-0.15, -0.1) is 0 Å².